The lowest BCUT2D eigenvalue weighted by Gasteiger charge is -2.00. The maximum atomic E-state index is 10.8. The molecule has 7 heteroatoms. The van der Waals surface area contributed by atoms with Gasteiger partial charge in [0, 0.05) is 22.6 Å². The molecule has 0 spiro atoms. The summed E-state index contributed by atoms with van der Waals surface area (Å²) in [4.78, 5) is 25.3. The third kappa shape index (κ3) is 2.51. The number of carbonyl (C=O) groups is 1. The van der Waals surface area contributed by atoms with Gasteiger partial charge in [-0.05, 0) is 17.8 Å². The Bertz CT molecular complexity index is 553. The molecule has 0 unspecified atom stereocenters. The molecule has 0 amide bonds. The van der Waals surface area contributed by atoms with Gasteiger partial charge in [-0.2, -0.15) is 0 Å². The molecule has 0 aliphatic rings. The molecule has 0 radical (unpaired) electrons. The molecule has 0 N–H and O–H groups in total. The first-order valence-electron chi connectivity index (χ1n) is 4.51. The molecule has 17 heavy (non-hydrogen) atoms. The van der Waals surface area contributed by atoms with Crippen molar-refractivity contribution in [3.05, 3.63) is 46.3 Å². The Morgan fingerprint density at radius 2 is 2.29 bits per heavy atom. The van der Waals surface area contributed by atoms with E-state index < -0.39 is 4.92 Å². The molecule has 6 nitrogen and oxygen atoms in total. The highest BCUT2D eigenvalue weighted by Crippen LogP contribution is 2.30. The Labute approximate surface area is 99.8 Å². The smallest absolute Gasteiger partial charge is 0.270 e. The molecule has 0 fully saturated rings. The van der Waals surface area contributed by atoms with E-state index in [1.807, 2.05) is 0 Å². The molecular formula is C10H6N2O4S. The number of hydrogen-bond donors (Lipinski definition) is 0. The van der Waals surface area contributed by atoms with Crippen molar-refractivity contribution in [3.8, 4) is 0 Å². The van der Waals surface area contributed by atoms with Crippen LogP contribution in [0.3, 0.4) is 0 Å². The van der Waals surface area contributed by atoms with E-state index in [9.17, 15) is 14.9 Å². The van der Waals surface area contributed by atoms with Crippen LogP contribution in [-0.4, -0.2) is 16.2 Å². The molecule has 0 aliphatic heterocycles. The molecule has 0 bridgehead atoms. The van der Waals surface area contributed by atoms with Crippen molar-refractivity contribution in [3.63, 3.8) is 0 Å². The SMILES string of the molecule is O=Cc1cc([N+](=O)[O-])ccc1Sc1ncco1. The highest BCUT2D eigenvalue weighted by atomic mass is 32.2. The third-order valence-corrected chi connectivity index (χ3v) is 2.91. The van der Waals surface area contributed by atoms with E-state index in [-0.39, 0.29) is 11.3 Å². The number of hydrogen-bond acceptors (Lipinski definition) is 6. The van der Waals surface area contributed by atoms with Gasteiger partial charge in [0.05, 0.1) is 11.1 Å². The Hall–Kier alpha value is -2.15. The summed E-state index contributed by atoms with van der Waals surface area (Å²) >= 11 is 1.13. The molecule has 1 heterocycles. The minimum absolute atomic E-state index is 0.121. The van der Waals surface area contributed by atoms with Gasteiger partial charge >= 0.3 is 0 Å². The van der Waals surface area contributed by atoms with Crippen molar-refractivity contribution in [2.24, 2.45) is 0 Å². The van der Waals surface area contributed by atoms with E-state index >= 15 is 0 Å². The zero-order valence-electron chi connectivity index (χ0n) is 8.40. The number of nitro benzene ring substituents is 1. The molecule has 0 aliphatic carbocycles. The number of rotatable bonds is 4. The number of aldehydes is 1. The lowest BCUT2D eigenvalue weighted by molar-refractivity contribution is -0.384. The molecule has 0 saturated carbocycles. The average Bonchev–Trinajstić information content (AvgIpc) is 2.82. The number of non-ortho nitro benzene ring substituents is 1. The summed E-state index contributed by atoms with van der Waals surface area (Å²) in [6, 6.07) is 4.05. The van der Waals surface area contributed by atoms with Crippen molar-refractivity contribution in [1.29, 1.82) is 0 Å². The first kappa shape index (κ1) is 11.3. The Kier molecular flexibility index (Phi) is 3.20. The van der Waals surface area contributed by atoms with Gasteiger partial charge < -0.3 is 4.42 Å². The largest absolute Gasteiger partial charge is 0.440 e. The van der Waals surface area contributed by atoms with Crippen LogP contribution < -0.4 is 0 Å². The quantitative estimate of drug-likeness (QED) is 0.471. The lowest BCUT2D eigenvalue weighted by atomic mass is 10.2. The van der Waals surface area contributed by atoms with E-state index in [4.69, 9.17) is 4.42 Å². The molecule has 1 aromatic heterocycles. The number of nitrogens with zero attached hydrogens (tertiary/aromatic N) is 2. The Balaban J connectivity index is 2.34. The van der Waals surface area contributed by atoms with Gasteiger partial charge in [0.15, 0.2) is 6.29 Å². The number of benzene rings is 1. The van der Waals surface area contributed by atoms with Gasteiger partial charge in [0.1, 0.15) is 6.26 Å². The minimum atomic E-state index is -0.549. The number of carbonyl (C=O) groups excluding carboxylic acids is 1. The predicted molar refractivity (Wildman–Crippen MR) is 59.1 cm³/mol. The summed E-state index contributed by atoms with van der Waals surface area (Å²) in [5, 5.41) is 10.9. The topological polar surface area (TPSA) is 86.2 Å². The van der Waals surface area contributed by atoms with E-state index in [1.54, 1.807) is 0 Å². The maximum absolute atomic E-state index is 10.8. The molecule has 0 saturated heterocycles. The molecule has 1 aromatic carbocycles. The lowest BCUT2D eigenvalue weighted by Crippen LogP contribution is -1.91. The van der Waals surface area contributed by atoms with Crippen LogP contribution >= 0.6 is 11.8 Å². The van der Waals surface area contributed by atoms with E-state index in [2.05, 4.69) is 4.98 Å². The zero-order valence-corrected chi connectivity index (χ0v) is 9.22. The summed E-state index contributed by atoms with van der Waals surface area (Å²) in [6.07, 6.45) is 3.46. The fourth-order valence-electron chi connectivity index (χ4n) is 1.19. The molecule has 2 rings (SSSR count). The standard InChI is InChI=1S/C10H6N2O4S/c13-6-7-5-8(12(14)15)1-2-9(7)17-10-11-3-4-16-10/h1-6H. The second kappa shape index (κ2) is 4.79. The average molecular weight is 250 g/mol. The van der Waals surface area contributed by atoms with E-state index in [0.29, 0.717) is 16.4 Å². The van der Waals surface area contributed by atoms with E-state index in [0.717, 1.165) is 11.8 Å². The first-order chi connectivity index (χ1) is 8.20. The van der Waals surface area contributed by atoms with Gasteiger partial charge in [-0.3, -0.25) is 14.9 Å². The first-order valence-corrected chi connectivity index (χ1v) is 5.33. The number of oxazole rings is 1. The summed E-state index contributed by atoms with van der Waals surface area (Å²) in [5.74, 6) is 0. The predicted octanol–water partition coefficient (Wildman–Crippen LogP) is 2.55. The second-order valence-electron chi connectivity index (χ2n) is 3.00. The van der Waals surface area contributed by atoms with Gasteiger partial charge in [-0.1, -0.05) is 0 Å². The van der Waals surface area contributed by atoms with Gasteiger partial charge in [0.2, 0.25) is 0 Å². The molecule has 86 valence electrons. The third-order valence-electron chi connectivity index (χ3n) is 1.94. The number of nitro groups is 1. The monoisotopic (exact) mass is 250 g/mol. The summed E-state index contributed by atoms with van der Waals surface area (Å²) in [6.45, 7) is 0. The van der Waals surface area contributed by atoms with Crippen LogP contribution in [0.15, 0.2) is 45.2 Å². The minimum Gasteiger partial charge on any atom is -0.440 e. The molecular weight excluding hydrogens is 244 g/mol. The van der Waals surface area contributed by atoms with Crippen molar-refractivity contribution in [2.75, 3.05) is 0 Å². The van der Waals surface area contributed by atoms with Gasteiger partial charge in [0.25, 0.3) is 10.9 Å². The van der Waals surface area contributed by atoms with Gasteiger partial charge in [-0.25, -0.2) is 4.98 Å². The number of aromatic nitrogens is 1. The van der Waals surface area contributed by atoms with Crippen molar-refractivity contribution in [1.82, 2.24) is 4.98 Å². The fraction of sp³-hybridized carbons (Fsp3) is 0. The van der Waals surface area contributed by atoms with Crippen LogP contribution in [0.5, 0.6) is 0 Å². The van der Waals surface area contributed by atoms with Crippen molar-refractivity contribution < 1.29 is 14.1 Å². The summed E-state index contributed by atoms with van der Waals surface area (Å²) < 4.78 is 5.02. The fourth-order valence-corrected chi connectivity index (χ4v) is 1.96. The van der Waals surface area contributed by atoms with Crippen LogP contribution in [0, 0.1) is 10.1 Å². The van der Waals surface area contributed by atoms with Crippen LogP contribution in [0.25, 0.3) is 0 Å². The van der Waals surface area contributed by atoms with Crippen LogP contribution in [-0.2, 0) is 0 Å². The second-order valence-corrected chi connectivity index (χ2v) is 3.99. The van der Waals surface area contributed by atoms with Crippen molar-refractivity contribution in [2.45, 2.75) is 10.1 Å². The summed E-state index contributed by atoms with van der Waals surface area (Å²) in [5.41, 5.74) is 0.117. The maximum Gasteiger partial charge on any atom is 0.270 e. The van der Waals surface area contributed by atoms with Crippen molar-refractivity contribution >= 4 is 23.7 Å². The highest BCUT2D eigenvalue weighted by Gasteiger charge is 2.12. The molecule has 2 aromatic rings. The van der Waals surface area contributed by atoms with Gasteiger partial charge in [-0.15, -0.1) is 0 Å². The highest BCUT2D eigenvalue weighted by molar-refractivity contribution is 7.99. The Morgan fingerprint density at radius 1 is 1.47 bits per heavy atom. The zero-order chi connectivity index (χ0) is 12.3. The molecule has 0 atom stereocenters. The van der Waals surface area contributed by atoms with Crippen LogP contribution in [0.4, 0.5) is 5.69 Å². The normalized spacial score (nSPS) is 10.1. The Morgan fingerprint density at radius 3 is 2.88 bits per heavy atom. The van der Waals surface area contributed by atoms with Crippen LogP contribution in [0.1, 0.15) is 10.4 Å². The van der Waals surface area contributed by atoms with Crippen LogP contribution in [0.2, 0.25) is 0 Å². The van der Waals surface area contributed by atoms with E-state index in [1.165, 1.54) is 30.7 Å². The summed E-state index contributed by atoms with van der Waals surface area (Å²) in [7, 11) is 0.